The van der Waals surface area contributed by atoms with Gasteiger partial charge in [0.25, 0.3) is 0 Å². The van der Waals surface area contributed by atoms with Crippen molar-refractivity contribution in [3.05, 3.63) is 40.1 Å². The monoisotopic (exact) mass is 339 g/mol. The van der Waals surface area contributed by atoms with Crippen LogP contribution in [0.25, 0.3) is 0 Å². The summed E-state index contributed by atoms with van der Waals surface area (Å²) in [5.41, 5.74) is 2.70. The summed E-state index contributed by atoms with van der Waals surface area (Å²) in [7, 11) is 0. The van der Waals surface area contributed by atoms with Crippen LogP contribution in [0.5, 0.6) is 0 Å². The predicted octanol–water partition coefficient (Wildman–Crippen LogP) is 4.48. The van der Waals surface area contributed by atoms with Crippen molar-refractivity contribution in [2.24, 2.45) is 0 Å². The lowest BCUT2D eigenvalue weighted by Gasteiger charge is -2.07. The van der Waals surface area contributed by atoms with Crippen molar-refractivity contribution >= 4 is 27.7 Å². The molecular weight excluding hydrogens is 322 g/mol. The molecular formula is C14H18BrN3S. The maximum Gasteiger partial charge on any atom is 0.200 e. The summed E-state index contributed by atoms with van der Waals surface area (Å²) in [4.78, 5) is 0. The van der Waals surface area contributed by atoms with E-state index in [1.165, 1.54) is 11.1 Å². The summed E-state index contributed by atoms with van der Waals surface area (Å²) in [5.74, 6) is 1.50. The lowest BCUT2D eigenvalue weighted by atomic mass is 10.0. The maximum atomic E-state index is 4.18. The third kappa shape index (κ3) is 3.60. The van der Waals surface area contributed by atoms with Crippen molar-refractivity contribution in [1.82, 2.24) is 14.8 Å². The van der Waals surface area contributed by atoms with E-state index < -0.39 is 0 Å². The first kappa shape index (κ1) is 14.6. The molecule has 102 valence electrons. The summed E-state index contributed by atoms with van der Waals surface area (Å²) in [6.07, 6.45) is 0. The smallest absolute Gasteiger partial charge is 0.200 e. The third-order valence-corrected chi connectivity index (χ3v) is 4.63. The van der Waals surface area contributed by atoms with Gasteiger partial charge in [-0.05, 0) is 39.9 Å². The van der Waals surface area contributed by atoms with Gasteiger partial charge in [-0.15, -0.1) is 10.2 Å². The summed E-state index contributed by atoms with van der Waals surface area (Å²) >= 11 is 5.12. The SMILES string of the molecule is CCn1c(Br)nnc1SCc1ccc(C(C)C)cc1. The van der Waals surface area contributed by atoms with E-state index in [9.17, 15) is 0 Å². The van der Waals surface area contributed by atoms with Crippen molar-refractivity contribution < 1.29 is 0 Å². The van der Waals surface area contributed by atoms with Crippen LogP contribution in [-0.4, -0.2) is 14.8 Å². The number of nitrogens with zero attached hydrogens (tertiary/aromatic N) is 3. The molecule has 0 aliphatic rings. The van der Waals surface area contributed by atoms with Crippen LogP contribution in [0.1, 0.15) is 37.8 Å². The summed E-state index contributed by atoms with van der Waals surface area (Å²) in [5, 5.41) is 9.18. The number of benzene rings is 1. The lowest BCUT2D eigenvalue weighted by molar-refractivity contribution is 0.668. The van der Waals surface area contributed by atoms with Gasteiger partial charge >= 0.3 is 0 Å². The van der Waals surface area contributed by atoms with E-state index >= 15 is 0 Å². The van der Waals surface area contributed by atoms with Crippen LogP contribution < -0.4 is 0 Å². The van der Waals surface area contributed by atoms with E-state index in [0.29, 0.717) is 5.92 Å². The van der Waals surface area contributed by atoms with Crippen LogP contribution >= 0.6 is 27.7 Å². The first-order chi connectivity index (χ1) is 9.11. The summed E-state index contributed by atoms with van der Waals surface area (Å²) < 4.78 is 2.86. The Morgan fingerprint density at radius 1 is 1.21 bits per heavy atom. The molecule has 0 saturated heterocycles. The van der Waals surface area contributed by atoms with E-state index in [4.69, 9.17) is 0 Å². The zero-order valence-electron chi connectivity index (χ0n) is 11.4. The second kappa shape index (κ2) is 6.57. The average molecular weight is 340 g/mol. The molecule has 0 bridgehead atoms. The van der Waals surface area contributed by atoms with Crippen LogP contribution in [-0.2, 0) is 12.3 Å². The number of hydrogen-bond acceptors (Lipinski definition) is 3. The van der Waals surface area contributed by atoms with Crippen LogP contribution in [0.4, 0.5) is 0 Å². The average Bonchev–Trinajstić information content (AvgIpc) is 2.77. The number of aromatic nitrogens is 3. The Hall–Kier alpha value is -0.810. The fourth-order valence-corrected chi connectivity index (χ4v) is 3.36. The van der Waals surface area contributed by atoms with Gasteiger partial charge in [0.1, 0.15) is 0 Å². The molecule has 0 radical (unpaired) electrons. The number of halogens is 1. The van der Waals surface area contributed by atoms with Gasteiger partial charge in [-0.2, -0.15) is 0 Å². The normalized spacial score (nSPS) is 11.2. The number of rotatable bonds is 5. The molecule has 1 aromatic heterocycles. The van der Waals surface area contributed by atoms with Crippen LogP contribution in [0.15, 0.2) is 34.2 Å². The zero-order chi connectivity index (χ0) is 13.8. The van der Waals surface area contributed by atoms with Crippen LogP contribution in [0, 0.1) is 0 Å². The van der Waals surface area contributed by atoms with Gasteiger partial charge in [-0.3, -0.25) is 4.57 Å². The van der Waals surface area contributed by atoms with E-state index in [0.717, 1.165) is 22.2 Å². The van der Waals surface area contributed by atoms with E-state index in [2.05, 4.69) is 75.7 Å². The highest BCUT2D eigenvalue weighted by atomic mass is 79.9. The highest BCUT2D eigenvalue weighted by molar-refractivity contribution is 9.10. The van der Waals surface area contributed by atoms with Crippen molar-refractivity contribution in [1.29, 1.82) is 0 Å². The first-order valence-electron chi connectivity index (χ1n) is 6.42. The summed E-state index contributed by atoms with van der Waals surface area (Å²) in [6, 6.07) is 8.82. The topological polar surface area (TPSA) is 30.7 Å². The number of hydrogen-bond donors (Lipinski definition) is 0. The molecule has 1 aromatic carbocycles. The zero-order valence-corrected chi connectivity index (χ0v) is 13.8. The second-order valence-electron chi connectivity index (χ2n) is 4.68. The maximum absolute atomic E-state index is 4.18. The molecule has 0 saturated carbocycles. The van der Waals surface area contributed by atoms with Crippen LogP contribution in [0.2, 0.25) is 0 Å². The van der Waals surface area contributed by atoms with Gasteiger partial charge < -0.3 is 0 Å². The molecule has 0 amide bonds. The fraction of sp³-hybridized carbons (Fsp3) is 0.429. The van der Waals surface area contributed by atoms with Gasteiger partial charge in [0, 0.05) is 12.3 Å². The minimum Gasteiger partial charge on any atom is -0.297 e. The van der Waals surface area contributed by atoms with Crippen LogP contribution in [0.3, 0.4) is 0 Å². The standard InChI is InChI=1S/C14H18BrN3S/c1-4-18-13(15)16-17-14(18)19-9-11-5-7-12(8-6-11)10(2)3/h5-8,10H,4,9H2,1-3H3. The molecule has 1 heterocycles. The fourth-order valence-electron chi connectivity index (χ4n) is 1.79. The minimum absolute atomic E-state index is 0.584. The van der Waals surface area contributed by atoms with Crippen molar-refractivity contribution in [3.8, 4) is 0 Å². The van der Waals surface area contributed by atoms with E-state index in [-0.39, 0.29) is 0 Å². The van der Waals surface area contributed by atoms with Gasteiger partial charge in [-0.1, -0.05) is 49.9 Å². The molecule has 0 fully saturated rings. The number of thioether (sulfide) groups is 1. The van der Waals surface area contributed by atoms with Gasteiger partial charge in [0.2, 0.25) is 4.73 Å². The highest BCUT2D eigenvalue weighted by Gasteiger charge is 2.09. The largest absolute Gasteiger partial charge is 0.297 e. The minimum atomic E-state index is 0.584. The molecule has 0 aliphatic carbocycles. The Kier molecular flexibility index (Phi) is 5.05. The summed E-state index contributed by atoms with van der Waals surface area (Å²) in [6.45, 7) is 7.40. The molecule has 0 unspecified atom stereocenters. The van der Waals surface area contributed by atoms with Crippen molar-refractivity contribution in [2.75, 3.05) is 0 Å². The first-order valence-corrected chi connectivity index (χ1v) is 8.20. The Labute approximate surface area is 126 Å². The Morgan fingerprint density at radius 2 is 1.89 bits per heavy atom. The van der Waals surface area contributed by atoms with Crippen molar-refractivity contribution in [2.45, 2.75) is 44.1 Å². The third-order valence-electron chi connectivity index (χ3n) is 3.00. The predicted molar refractivity (Wildman–Crippen MR) is 83.5 cm³/mol. The molecule has 2 rings (SSSR count). The quantitative estimate of drug-likeness (QED) is 0.752. The second-order valence-corrected chi connectivity index (χ2v) is 6.33. The van der Waals surface area contributed by atoms with Crippen molar-refractivity contribution in [3.63, 3.8) is 0 Å². The highest BCUT2D eigenvalue weighted by Crippen LogP contribution is 2.24. The molecule has 5 heteroatoms. The molecule has 0 atom stereocenters. The van der Waals surface area contributed by atoms with Gasteiger partial charge in [-0.25, -0.2) is 0 Å². The molecule has 0 aliphatic heterocycles. The Balaban J connectivity index is 2.02. The molecule has 0 spiro atoms. The van der Waals surface area contributed by atoms with E-state index in [1.807, 2.05) is 0 Å². The molecule has 3 nitrogen and oxygen atoms in total. The van der Waals surface area contributed by atoms with E-state index in [1.54, 1.807) is 11.8 Å². The Bertz CT molecular complexity index is 534. The lowest BCUT2D eigenvalue weighted by Crippen LogP contribution is -1.97. The van der Waals surface area contributed by atoms with Gasteiger partial charge in [0.05, 0.1) is 0 Å². The molecule has 2 aromatic rings. The Morgan fingerprint density at radius 3 is 2.47 bits per heavy atom. The molecule has 19 heavy (non-hydrogen) atoms. The molecule has 0 N–H and O–H groups in total. The van der Waals surface area contributed by atoms with Gasteiger partial charge in [0.15, 0.2) is 5.16 Å².